The van der Waals surface area contributed by atoms with Gasteiger partial charge in [0.1, 0.15) is 0 Å². The number of aryl methyl sites for hydroxylation is 1. The lowest BCUT2D eigenvalue weighted by Gasteiger charge is -2.19. The zero-order valence-electron chi connectivity index (χ0n) is 10.4. The van der Waals surface area contributed by atoms with Gasteiger partial charge >= 0.3 is 0 Å². The predicted molar refractivity (Wildman–Crippen MR) is 73.2 cm³/mol. The van der Waals surface area contributed by atoms with Crippen LogP contribution in [0.25, 0.3) is 10.4 Å². The summed E-state index contributed by atoms with van der Waals surface area (Å²) in [6.45, 7) is 8.92. The van der Waals surface area contributed by atoms with Gasteiger partial charge in [-0.05, 0) is 41.7 Å². The summed E-state index contributed by atoms with van der Waals surface area (Å²) in [4.78, 5) is 2.74. The third kappa shape index (κ3) is 2.35. The topological polar surface area (TPSA) is 0 Å². The van der Waals surface area contributed by atoms with Crippen molar-refractivity contribution in [3.8, 4) is 10.4 Å². The van der Waals surface area contributed by atoms with E-state index in [-0.39, 0.29) is 5.41 Å². The van der Waals surface area contributed by atoms with Crippen LogP contribution < -0.4 is 0 Å². The molecule has 0 N–H and O–H groups in total. The van der Waals surface area contributed by atoms with Gasteiger partial charge in [-0.25, -0.2) is 0 Å². The summed E-state index contributed by atoms with van der Waals surface area (Å²) in [6, 6.07) is 13.3. The molecular weight excluding hydrogens is 212 g/mol. The minimum atomic E-state index is 0.225. The van der Waals surface area contributed by atoms with Gasteiger partial charge in [0.05, 0.1) is 0 Å². The standard InChI is InChI=1S/C15H18S/c1-11-8-9-14(16-11)12-6-5-7-13(10-12)15(2,3)4/h5-10H,1-4H3. The molecule has 2 rings (SSSR count). The third-order valence-electron chi connectivity index (χ3n) is 2.75. The summed E-state index contributed by atoms with van der Waals surface area (Å²) in [6.07, 6.45) is 0. The van der Waals surface area contributed by atoms with Gasteiger partial charge in [0.25, 0.3) is 0 Å². The molecule has 1 aromatic heterocycles. The van der Waals surface area contributed by atoms with Gasteiger partial charge in [-0.2, -0.15) is 0 Å². The van der Waals surface area contributed by atoms with Crippen LogP contribution >= 0.6 is 11.3 Å². The largest absolute Gasteiger partial charge is 0.141 e. The van der Waals surface area contributed by atoms with Crippen molar-refractivity contribution >= 4 is 11.3 Å². The van der Waals surface area contributed by atoms with E-state index in [1.807, 2.05) is 11.3 Å². The highest BCUT2D eigenvalue weighted by atomic mass is 32.1. The van der Waals surface area contributed by atoms with Crippen molar-refractivity contribution in [1.82, 2.24) is 0 Å². The van der Waals surface area contributed by atoms with Crippen molar-refractivity contribution in [2.75, 3.05) is 0 Å². The molecule has 0 aliphatic rings. The maximum atomic E-state index is 2.31. The lowest BCUT2D eigenvalue weighted by molar-refractivity contribution is 0.590. The van der Waals surface area contributed by atoms with Crippen molar-refractivity contribution in [1.29, 1.82) is 0 Å². The summed E-state index contributed by atoms with van der Waals surface area (Å²) >= 11 is 1.86. The molecule has 0 nitrogen and oxygen atoms in total. The molecule has 84 valence electrons. The fraction of sp³-hybridized carbons (Fsp3) is 0.333. The Morgan fingerprint density at radius 2 is 1.75 bits per heavy atom. The third-order valence-corrected chi connectivity index (χ3v) is 3.80. The fourth-order valence-corrected chi connectivity index (χ4v) is 2.59. The minimum Gasteiger partial charge on any atom is -0.141 e. The molecule has 0 saturated carbocycles. The molecule has 0 radical (unpaired) electrons. The first-order chi connectivity index (χ1) is 7.47. The highest BCUT2D eigenvalue weighted by Gasteiger charge is 2.14. The van der Waals surface area contributed by atoms with E-state index in [1.54, 1.807) is 0 Å². The average Bonchev–Trinajstić information content (AvgIpc) is 2.64. The molecular formula is C15H18S. The second-order valence-electron chi connectivity index (χ2n) is 5.24. The van der Waals surface area contributed by atoms with Crippen LogP contribution in [0.15, 0.2) is 36.4 Å². The summed E-state index contributed by atoms with van der Waals surface area (Å²) in [7, 11) is 0. The van der Waals surface area contributed by atoms with Gasteiger partial charge in [-0.1, -0.05) is 39.0 Å². The molecule has 2 aromatic rings. The molecule has 0 saturated heterocycles. The van der Waals surface area contributed by atoms with Crippen molar-refractivity contribution in [2.45, 2.75) is 33.1 Å². The molecule has 1 heterocycles. The maximum absolute atomic E-state index is 2.31. The SMILES string of the molecule is Cc1ccc(-c2cccc(C(C)(C)C)c2)s1. The fourth-order valence-electron chi connectivity index (χ4n) is 1.73. The van der Waals surface area contributed by atoms with Crippen LogP contribution in [-0.4, -0.2) is 0 Å². The molecule has 0 fully saturated rings. The van der Waals surface area contributed by atoms with E-state index in [2.05, 4.69) is 64.1 Å². The second kappa shape index (κ2) is 4.06. The van der Waals surface area contributed by atoms with E-state index < -0.39 is 0 Å². The Hall–Kier alpha value is -1.08. The number of hydrogen-bond acceptors (Lipinski definition) is 1. The van der Waals surface area contributed by atoms with Crippen LogP contribution in [0, 0.1) is 6.92 Å². The smallest absolute Gasteiger partial charge is 0.0345 e. The molecule has 0 atom stereocenters. The molecule has 1 aromatic carbocycles. The second-order valence-corrected chi connectivity index (χ2v) is 6.53. The molecule has 0 aliphatic carbocycles. The van der Waals surface area contributed by atoms with E-state index in [0.29, 0.717) is 0 Å². The van der Waals surface area contributed by atoms with E-state index in [4.69, 9.17) is 0 Å². The molecule has 1 heteroatoms. The van der Waals surface area contributed by atoms with E-state index >= 15 is 0 Å². The molecule has 0 aliphatic heterocycles. The molecule has 0 amide bonds. The van der Waals surface area contributed by atoms with Crippen molar-refractivity contribution < 1.29 is 0 Å². The Labute approximate surface area is 102 Å². The monoisotopic (exact) mass is 230 g/mol. The van der Waals surface area contributed by atoms with Crippen molar-refractivity contribution in [3.63, 3.8) is 0 Å². The zero-order valence-corrected chi connectivity index (χ0v) is 11.2. The number of rotatable bonds is 1. The lowest BCUT2D eigenvalue weighted by Crippen LogP contribution is -2.10. The summed E-state index contributed by atoms with van der Waals surface area (Å²) < 4.78 is 0. The Morgan fingerprint density at radius 1 is 1.00 bits per heavy atom. The van der Waals surface area contributed by atoms with Crippen LogP contribution in [-0.2, 0) is 5.41 Å². The summed E-state index contributed by atoms with van der Waals surface area (Å²) in [5.74, 6) is 0. The Balaban J connectivity index is 2.44. The van der Waals surface area contributed by atoms with Crippen LogP contribution in [0.1, 0.15) is 31.2 Å². The average molecular weight is 230 g/mol. The Kier molecular flexibility index (Phi) is 2.90. The first kappa shape index (κ1) is 11.4. The first-order valence-electron chi connectivity index (χ1n) is 5.64. The molecule has 0 unspecified atom stereocenters. The highest BCUT2D eigenvalue weighted by Crippen LogP contribution is 2.31. The van der Waals surface area contributed by atoms with E-state index in [0.717, 1.165) is 0 Å². The van der Waals surface area contributed by atoms with Gasteiger partial charge in [0.2, 0.25) is 0 Å². The number of hydrogen-bond donors (Lipinski definition) is 0. The maximum Gasteiger partial charge on any atom is 0.0345 e. The van der Waals surface area contributed by atoms with Crippen molar-refractivity contribution in [2.24, 2.45) is 0 Å². The van der Waals surface area contributed by atoms with Gasteiger partial charge < -0.3 is 0 Å². The number of thiophene rings is 1. The Bertz CT molecular complexity index is 486. The summed E-state index contributed by atoms with van der Waals surface area (Å²) in [5.41, 5.74) is 2.96. The molecule has 0 bridgehead atoms. The van der Waals surface area contributed by atoms with Crippen molar-refractivity contribution in [3.05, 3.63) is 46.8 Å². The minimum absolute atomic E-state index is 0.225. The van der Waals surface area contributed by atoms with Crippen LogP contribution in [0.2, 0.25) is 0 Å². The van der Waals surface area contributed by atoms with E-state index in [9.17, 15) is 0 Å². The van der Waals surface area contributed by atoms with E-state index in [1.165, 1.54) is 20.9 Å². The van der Waals surface area contributed by atoms with Gasteiger partial charge in [0, 0.05) is 9.75 Å². The van der Waals surface area contributed by atoms with Gasteiger partial charge in [-0.15, -0.1) is 11.3 Å². The van der Waals surface area contributed by atoms with Crippen LogP contribution in [0.3, 0.4) is 0 Å². The quantitative estimate of drug-likeness (QED) is 0.645. The molecule has 0 spiro atoms. The Morgan fingerprint density at radius 3 is 2.31 bits per heavy atom. The first-order valence-corrected chi connectivity index (χ1v) is 6.46. The van der Waals surface area contributed by atoms with Crippen LogP contribution in [0.5, 0.6) is 0 Å². The normalized spacial score (nSPS) is 11.8. The number of benzene rings is 1. The zero-order chi connectivity index (χ0) is 11.8. The lowest BCUT2D eigenvalue weighted by atomic mass is 9.86. The molecule has 16 heavy (non-hydrogen) atoms. The summed E-state index contributed by atoms with van der Waals surface area (Å²) in [5, 5.41) is 0. The predicted octanol–water partition coefficient (Wildman–Crippen LogP) is 5.02. The van der Waals surface area contributed by atoms with Gasteiger partial charge in [-0.3, -0.25) is 0 Å². The van der Waals surface area contributed by atoms with Gasteiger partial charge in [0.15, 0.2) is 0 Å². The van der Waals surface area contributed by atoms with Crippen LogP contribution in [0.4, 0.5) is 0 Å². The highest BCUT2D eigenvalue weighted by molar-refractivity contribution is 7.15.